The van der Waals surface area contributed by atoms with Crippen LogP contribution < -0.4 is 15.0 Å². The predicted octanol–water partition coefficient (Wildman–Crippen LogP) is 2.96. The lowest BCUT2D eigenvalue weighted by molar-refractivity contribution is -0.106. The maximum absolute atomic E-state index is 13.6. The van der Waals surface area contributed by atoms with E-state index in [-0.39, 0.29) is 5.69 Å². The molecule has 112 valence electrons. The van der Waals surface area contributed by atoms with Gasteiger partial charge in [-0.15, -0.1) is 0 Å². The summed E-state index contributed by atoms with van der Waals surface area (Å²) < 4.78 is 18.9. The molecule has 0 saturated heterocycles. The SMILES string of the molecule is O=CN(C(=O)Nc1ccccc1F)c1ccc2c(c1)CCO2. The molecule has 5 nitrogen and oxygen atoms in total. The first-order chi connectivity index (χ1) is 10.7. The first-order valence-electron chi connectivity index (χ1n) is 6.75. The molecule has 1 aliphatic rings. The number of carbonyl (C=O) groups is 2. The van der Waals surface area contributed by atoms with E-state index in [1.807, 2.05) is 0 Å². The van der Waals surface area contributed by atoms with Crippen LogP contribution in [0.5, 0.6) is 5.75 Å². The number of para-hydroxylation sites is 1. The number of fused-ring (bicyclic) bond motifs is 1. The fraction of sp³-hybridized carbons (Fsp3) is 0.125. The first kappa shape index (κ1) is 14.1. The molecule has 0 aliphatic carbocycles. The standard InChI is InChI=1S/C16H13FN2O3/c17-13-3-1-2-4-14(13)18-16(21)19(10-20)12-5-6-15-11(9-12)7-8-22-15/h1-6,9-10H,7-8H2,(H,18,21). The Bertz CT molecular complexity index is 733. The molecular formula is C16H13FN2O3. The Balaban J connectivity index is 1.83. The highest BCUT2D eigenvalue weighted by atomic mass is 19.1. The van der Waals surface area contributed by atoms with Gasteiger partial charge < -0.3 is 10.1 Å². The van der Waals surface area contributed by atoms with Crippen LogP contribution in [0.15, 0.2) is 42.5 Å². The third kappa shape index (κ3) is 2.63. The van der Waals surface area contributed by atoms with Crippen molar-refractivity contribution in [2.45, 2.75) is 6.42 Å². The lowest BCUT2D eigenvalue weighted by atomic mass is 10.1. The average Bonchev–Trinajstić information content (AvgIpc) is 2.98. The molecule has 1 N–H and O–H groups in total. The minimum absolute atomic E-state index is 0.0174. The van der Waals surface area contributed by atoms with Crippen molar-refractivity contribution < 1.29 is 18.7 Å². The molecular weight excluding hydrogens is 287 g/mol. The fourth-order valence-electron chi connectivity index (χ4n) is 2.29. The molecule has 0 aromatic heterocycles. The number of carbonyl (C=O) groups excluding carboxylic acids is 2. The number of ether oxygens (including phenoxy) is 1. The Hall–Kier alpha value is -2.89. The second-order valence-corrected chi connectivity index (χ2v) is 4.78. The van der Waals surface area contributed by atoms with Crippen LogP contribution in [0.2, 0.25) is 0 Å². The van der Waals surface area contributed by atoms with E-state index in [2.05, 4.69) is 5.32 Å². The van der Waals surface area contributed by atoms with Crippen molar-refractivity contribution in [2.75, 3.05) is 16.8 Å². The van der Waals surface area contributed by atoms with Gasteiger partial charge in [0.25, 0.3) is 0 Å². The van der Waals surface area contributed by atoms with E-state index in [4.69, 9.17) is 4.74 Å². The van der Waals surface area contributed by atoms with Crippen molar-refractivity contribution >= 4 is 23.8 Å². The lowest BCUT2D eigenvalue weighted by Crippen LogP contribution is -2.34. The molecule has 0 saturated carbocycles. The van der Waals surface area contributed by atoms with Gasteiger partial charge in [-0.05, 0) is 35.9 Å². The molecule has 0 unspecified atom stereocenters. The second-order valence-electron chi connectivity index (χ2n) is 4.78. The molecule has 0 bridgehead atoms. The second kappa shape index (κ2) is 5.85. The number of rotatable bonds is 3. The van der Waals surface area contributed by atoms with E-state index in [1.54, 1.807) is 24.3 Å². The highest BCUT2D eigenvalue weighted by Gasteiger charge is 2.19. The summed E-state index contributed by atoms with van der Waals surface area (Å²) in [5.74, 6) is 0.188. The molecule has 0 radical (unpaired) electrons. The lowest BCUT2D eigenvalue weighted by Gasteiger charge is -2.17. The fourth-order valence-corrected chi connectivity index (χ4v) is 2.29. The van der Waals surface area contributed by atoms with Crippen molar-refractivity contribution in [3.05, 3.63) is 53.8 Å². The summed E-state index contributed by atoms with van der Waals surface area (Å²) in [4.78, 5) is 24.3. The van der Waals surface area contributed by atoms with Crippen LogP contribution in [0.4, 0.5) is 20.6 Å². The molecule has 0 spiro atoms. The molecule has 1 heterocycles. The third-order valence-corrected chi connectivity index (χ3v) is 3.39. The van der Waals surface area contributed by atoms with Gasteiger partial charge in [0.1, 0.15) is 11.6 Å². The Labute approximate surface area is 126 Å². The number of imide groups is 1. The van der Waals surface area contributed by atoms with Crippen LogP contribution in [0, 0.1) is 5.82 Å². The van der Waals surface area contributed by atoms with Crippen LogP contribution in [-0.4, -0.2) is 19.0 Å². The van der Waals surface area contributed by atoms with Crippen LogP contribution in [0.3, 0.4) is 0 Å². The topological polar surface area (TPSA) is 58.6 Å². The van der Waals surface area contributed by atoms with E-state index in [0.717, 1.165) is 22.6 Å². The molecule has 2 aromatic rings. The van der Waals surface area contributed by atoms with Gasteiger partial charge in [0, 0.05) is 6.42 Å². The minimum atomic E-state index is -0.723. The van der Waals surface area contributed by atoms with Gasteiger partial charge in [-0.1, -0.05) is 12.1 Å². The number of hydrogen-bond acceptors (Lipinski definition) is 3. The van der Waals surface area contributed by atoms with Crippen LogP contribution in [-0.2, 0) is 11.2 Å². The zero-order valence-electron chi connectivity index (χ0n) is 11.6. The Morgan fingerprint density at radius 2 is 2.09 bits per heavy atom. The highest BCUT2D eigenvalue weighted by molar-refractivity contribution is 6.12. The zero-order chi connectivity index (χ0) is 15.5. The molecule has 1 aliphatic heterocycles. The van der Waals surface area contributed by atoms with Crippen molar-refractivity contribution in [3.8, 4) is 5.75 Å². The maximum atomic E-state index is 13.6. The number of amides is 3. The number of nitrogens with zero attached hydrogens (tertiary/aromatic N) is 1. The average molecular weight is 300 g/mol. The van der Waals surface area contributed by atoms with Gasteiger partial charge in [-0.2, -0.15) is 0 Å². The first-order valence-corrected chi connectivity index (χ1v) is 6.75. The zero-order valence-corrected chi connectivity index (χ0v) is 11.6. The van der Waals surface area contributed by atoms with Crippen LogP contribution in [0.25, 0.3) is 0 Å². The molecule has 22 heavy (non-hydrogen) atoms. The number of anilines is 2. The maximum Gasteiger partial charge on any atom is 0.333 e. The molecule has 3 amide bonds. The van der Waals surface area contributed by atoms with Crippen LogP contribution in [0.1, 0.15) is 5.56 Å². The largest absolute Gasteiger partial charge is 0.493 e. The Morgan fingerprint density at radius 1 is 1.27 bits per heavy atom. The van der Waals surface area contributed by atoms with Gasteiger partial charge in [0.15, 0.2) is 0 Å². The quantitative estimate of drug-likeness (QED) is 0.887. The van der Waals surface area contributed by atoms with Crippen molar-refractivity contribution in [2.24, 2.45) is 0 Å². The van der Waals surface area contributed by atoms with E-state index in [0.29, 0.717) is 18.7 Å². The van der Waals surface area contributed by atoms with E-state index in [1.165, 1.54) is 18.2 Å². The van der Waals surface area contributed by atoms with Gasteiger partial charge in [-0.25, -0.2) is 14.1 Å². The minimum Gasteiger partial charge on any atom is -0.493 e. The van der Waals surface area contributed by atoms with Crippen LogP contribution >= 0.6 is 0 Å². The van der Waals surface area contributed by atoms with Gasteiger partial charge in [0.2, 0.25) is 6.41 Å². The van der Waals surface area contributed by atoms with Gasteiger partial charge in [0.05, 0.1) is 18.0 Å². The molecule has 0 fully saturated rings. The van der Waals surface area contributed by atoms with Crippen molar-refractivity contribution in [3.63, 3.8) is 0 Å². The third-order valence-electron chi connectivity index (χ3n) is 3.39. The summed E-state index contributed by atoms with van der Waals surface area (Å²) >= 11 is 0. The molecule has 0 atom stereocenters. The number of urea groups is 1. The number of hydrogen-bond donors (Lipinski definition) is 1. The Morgan fingerprint density at radius 3 is 2.86 bits per heavy atom. The van der Waals surface area contributed by atoms with Gasteiger partial charge >= 0.3 is 6.03 Å². The van der Waals surface area contributed by atoms with E-state index in [9.17, 15) is 14.0 Å². The summed E-state index contributed by atoms with van der Waals surface area (Å²) in [7, 11) is 0. The van der Waals surface area contributed by atoms with Gasteiger partial charge in [-0.3, -0.25) is 4.79 Å². The summed E-state index contributed by atoms with van der Waals surface area (Å²) in [5.41, 5.74) is 1.36. The summed E-state index contributed by atoms with van der Waals surface area (Å²) in [6, 6.07) is 10.1. The smallest absolute Gasteiger partial charge is 0.333 e. The highest BCUT2D eigenvalue weighted by Crippen LogP contribution is 2.29. The van der Waals surface area contributed by atoms with E-state index >= 15 is 0 Å². The molecule has 6 heteroatoms. The summed E-state index contributed by atoms with van der Waals surface area (Å²) in [6.45, 7) is 0.585. The van der Waals surface area contributed by atoms with Crippen molar-refractivity contribution in [1.29, 1.82) is 0 Å². The molecule has 3 rings (SSSR count). The summed E-state index contributed by atoms with van der Waals surface area (Å²) in [5, 5.41) is 2.38. The Kier molecular flexibility index (Phi) is 3.74. The predicted molar refractivity (Wildman–Crippen MR) is 79.6 cm³/mol. The summed E-state index contributed by atoms with van der Waals surface area (Å²) in [6.07, 6.45) is 1.12. The number of nitrogens with one attached hydrogen (secondary N) is 1. The monoisotopic (exact) mass is 300 g/mol. The normalized spacial score (nSPS) is 12.2. The number of benzene rings is 2. The van der Waals surface area contributed by atoms with Crippen molar-refractivity contribution in [1.82, 2.24) is 0 Å². The number of halogens is 1. The van der Waals surface area contributed by atoms with E-state index < -0.39 is 11.8 Å². The molecule has 2 aromatic carbocycles.